The van der Waals surface area contributed by atoms with Crippen LogP contribution in [0.3, 0.4) is 0 Å². The molecule has 0 spiro atoms. The fourth-order valence-electron chi connectivity index (χ4n) is 1.10. The van der Waals surface area contributed by atoms with Crippen LogP contribution in [0.5, 0.6) is 0 Å². The van der Waals surface area contributed by atoms with Gasteiger partial charge >= 0.3 is 5.97 Å². The molecule has 1 N–H and O–H groups in total. The Hall–Kier alpha value is -0.620. The Morgan fingerprint density at radius 1 is 1.43 bits per heavy atom. The molecule has 0 amide bonds. The van der Waals surface area contributed by atoms with E-state index in [1.165, 1.54) is 0 Å². The van der Waals surface area contributed by atoms with Gasteiger partial charge in [-0.15, -0.1) is 0 Å². The lowest BCUT2D eigenvalue weighted by molar-refractivity contribution is -0.140. The van der Waals surface area contributed by atoms with Crippen LogP contribution in [0.15, 0.2) is 0 Å². The number of methoxy groups -OCH3 is 1. The molecule has 1 atom stereocenters. The first kappa shape index (κ1) is 13.4. The van der Waals surface area contributed by atoms with Crippen LogP contribution in [0.1, 0.15) is 32.6 Å². The summed E-state index contributed by atoms with van der Waals surface area (Å²) in [4.78, 5) is 11.0. The molecule has 0 aromatic heterocycles. The van der Waals surface area contributed by atoms with Crippen molar-refractivity contribution in [2.75, 3.05) is 7.11 Å². The molecule has 0 heterocycles. The molecule has 0 aromatic rings. The average Bonchev–Trinajstić information content (AvgIpc) is 2.09. The van der Waals surface area contributed by atoms with E-state index >= 15 is 0 Å². The van der Waals surface area contributed by atoms with Gasteiger partial charge in [-0.3, -0.25) is 9.35 Å². The van der Waals surface area contributed by atoms with Crippen molar-refractivity contribution in [3.05, 3.63) is 0 Å². The van der Waals surface area contributed by atoms with Gasteiger partial charge in [-0.05, 0) is 6.42 Å². The van der Waals surface area contributed by atoms with Gasteiger partial charge in [-0.2, -0.15) is 8.42 Å². The minimum atomic E-state index is -4.33. The van der Waals surface area contributed by atoms with E-state index in [0.717, 1.165) is 20.0 Å². The van der Waals surface area contributed by atoms with E-state index in [1.54, 1.807) is 0 Å². The van der Waals surface area contributed by atoms with Crippen molar-refractivity contribution >= 4 is 16.1 Å². The van der Waals surface area contributed by atoms with E-state index in [4.69, 9.17) is 4.55 Å². The monoisotopic (exact) mass is 224 g/mol. The first-order chi connectivity index (χ1) is 6.43. The third kappa shape index (κ3) is 4.57. The zero-order valence-electron chi connectivity index (χ0n) is 8.39. The Kier molecular flexibility index (Phi) is 5.71. The summed E-state index contributed by atoms with van der Waals surface area (Å²) in [6, 6.07) is 0. The summed E-state index contributed by atoms with van der Waals surface area (Å²) in [5, 5.41) is -1.43. The summed E-state index contributed by atoms with van der Waals surface area (Å²) in [7, 11) is -3.23. The molecule has 1 unspecified atom stereocenters. The summed E-state index contributed by atoms with van der Waals surface area (Å²) in [5.74, 6) is -0.899. The molecule has 0 fully saturated rings. The Bertz CT molecular complexity index is 269. The van der Waals surface area contributed by atoms with E-state index < -0.39 is 21.3 Å². The van der Waals surface area contributed by atoms with E-state index in [1.807, 2.05) is 6.92 Å². The summed E-state index contributed by atoms with van der Waals surface area (Å²) in [5.41, 5.74) is 0. The van der Waals surface area contributed by atoms with E-state index in [0.29, 0.717) is 6.42 Å². The molecule has 0 saturated carbocycles. The molecule has 0 bridgehead atoms. The zero-order chi connectivity index (χ0) is 11.2. The second-order valence-electron chi connectivity index (χ2n) is 3.02. The lowest BCUT2D eigenvalue weighted by atomic mass is 10.1. The third-order valence-corrected chi connectivity index (χ3v) is 3.04. The normalized spacial score (nSPS) is 13.6. The number of hydrogen-bond acceptors (Lipinski definition) is 4. The topological polar surface area (TPSA) is 80.7 Å². The zero-order valence-corrected chi connectivity index (χ0v) is 9.21. The number of unbranched alkanes of at least 4 members (excludes halogenated alkanes) is 2. The molecule has 0 aromatic carbocycles. The second kappa shape index (κ2) is 5.98. The fraction of sp³-hybridized carbons (Fsp3) is 0.875. The van der Waals surface area contributed by atoms with E-state index in [9.17, 15) is 13.2 Å². The molecule has 6 heteroatoms. The first-order valence-electron chi connectivity index (χ1n) is 4.47. The summed E-state index contributed by atoms with van der Waals surface area (Å²) in [6.07, 6.45) is 2.43. The Morgan fingerprint density at radius 3 is 2.36 bits per heavy atom. The van der Waals surface area contributed by atoms with Gasteiger partial charge in [-0.25, -0.2) is 0 Å². The minimum absolute atomic E-state index is 0.110. The smallest absolute Gasteiger partial charge is 0.326 e. The molecule has 0 aliphatic heterocycles. The summed E-state index contributed by atoms with van der Waals surface area (Å²) >= 11 is 0. The number of ether oxygens (including phenoxy) is 1. The van der Waals surface area contributed by atoms with Crippen LogP contribution in [0.2, 0.25) is 0 Å². The standard InChI is InChI=1S/C8H16O5S/c1-3-4-5-6-7(8(9)13-2)14(10,11)12/h7H,3-6H2,1-2H3,(H,10,11,12). The van der Waals surface area contributed by atoms with Crippen molar-refractivity contribution in [2.45, 2.75) is 37.9 Å². The number of esters is 1. The van der Waals surface area contributed by atoms with Crippen LogP contribution in [-0.2, 0) is 19.6 Å². The highest BCUT2D eigenvalue weighted by atomic mass is 32.2. The highest BCUT2D eigenvalue weighted by Gasteiger charge is 2.31. The number of carbonyl (C=O) groups is 1. The summed E-state index contributed by atoms with van der Waals surface area (Å²) in [6.45, 7) is 1.96. The van der Waals surface area contributed by atoms with Gasteiger partial charge in [0, 0.05) is 0 Å². The van der Waals surface area contributed by atoms with Gasteiger partial charge in [0.2, 0.25) is 0 Å². The van der Waals surface area contributed by atoms with Gasteiger partial charge in [0.15, 0.2) is 5.25 Å². The average molecular weight is 224 g/mol. The molecule has 5 nitrogen and oxygen atoms in total. The number of rotatable bonds is 6. The lowest BCUT2D eigenvalue weighted by Crippen LogP contribution is -2.30. The van der Waals surface area contributed by atoms with Crippen molar-refractivity contribution in [1.82, 2.24) is 0 Å². The van der Waals surface area contributed by atoms with Gasteiger partial charge in [-0.1, -0.05) is 26.2 Å². The Balaban J connectivity index is 4.35. The molecular weight excluding hydrogens is 208 g/mol. The number of carbonyl (C=O) groups excluding carboxylic acids is 1. The molecule has 0 aliphatic carbocycles. The van der Waals surface area contributed by atoms with Crippen LogP contribution in [-0.4, -0.2) is 31.3 Å². The van der Waals surface area contributed by atoms with Crippen LogP contribution < -0.4 is 0 Å². The molecular formula is C8H16O5S. The van der Waals surface area contributed by atoms with Gasteiger partial charge in [0.1, 0.15) is 0 Å². The van der Waals surface area contributed by atoms with Crippen molar-refractivity contribution < 1.29 is 22.5 Å². The highest BCUT2D eigenvalue weighted by Crippen LogP contribution is 2.11. The molecule has 0 radical (unpaired) electrons. The van der Waals surface area contributed by atoms with E-state index in [-0.39, 0.29) is 6.42 Å². The van der Waals surface area contributed by atoms with Crippen LogP contribution in [0, 0.1) is 0 Å². The fourth-order valence-corrected chi connectivity index (χ4v) is 1.90. The van der Waals surface area contributed by atoms with Crippen molar-refractivity contribution in [3.8, 4) is 0 Å². The molecule has 84 valence electrons. The third-order valence-electron chi connectivity index (χ3n) is 1.89. The van der Waals surface area contributed by atoms with Crippen LogP contribution in [0.4, 0.5) is 0 Å². The highest BCUT2D eigenvalue weighted by molar-refractivity contribution is 7.87. The largest absolute Gasteiger partial charge is 0.468 e. The predicted octanol–water partition coefficient (Wildman–Crippen LogP) is 0.996. The molecule has 14 heavy (non-hydrogen) atoms. The van der Waals surface area contributed by atoms with Crippen LogP contribution in [0.25, 0.3) is 0 Å². The summed E-state index contributed by atoms with van der Waals surface area (Å²) < 4.78 is 34.6. The second-order valence-corrected chi connectivity index (χ2v) is 4.62. The predicted molar refractivity (Wildman–Crippen MR) is 51.5 cm³/mol. The van der Waals surface area contributed by atoms with Gasteiger partial charge < -0.3 is 4.74 Å². The Labute approximate surface area is 84.2 Å². The minimum Gasteiger partial charge on any atom is -0.468 e. The maximum atomic E-state index is 11.0. The van der Waals surface area contributed by atoms with Gasteiger partial charge in [0.25, 0.3) is 10.1 Å². The van der Waals surface area contributed by atoms with Gasteiger partial charge in [0.05, 0.1) is 7.11 Å². The van der Waals surface area contributed by atoms with Crippen molar-refractivity contribution in [1.29, 1.82) is 0 Å². The maximum Gasteiger partial charge on any atom is 0.326 e. The molecule has 0 aliphatic rings. The quantitative estimate of drug-likeness (QED) is 0.413. The number of hydrogen-bond donors (Lipinski definition) is 1. The SMILES string of the molecule is CCCCCC(C(=O)OC)S(=O)(=O)O. The lowest BCUT2D eigenvalue weighted by Gasteiger charge is -2.10. The van der Waals surface area contributed by atoms with Crippen LogP contribution >= 0.6 is 0 Å². The maximum absolute atomic E-state index is 11.0. The van der Waals surface area contributed by atoms with Crippen molar-refractivity contribution in [3.63, 3.8) is 0 Å². The molecule has 0 rings (SSSR count). The molecule has 0 saturated heterocycles. The first-order valence-corrected chi connectivity index (χ1v) is 5.98. The van der Waals surface area contributed by atoms with E-state index in [2.05, 4.69) is 4.74 Å². The Morgan fingerprint density at radius 2 is 2.00 bits per heavy atom. The van der Waals surface area contributed by atoms with Crippen molar-refractivity contribution in [2.24, 2.45) is 0 Å².